The summed E-state index contributed by atoms with van der Waals surface area (Å²) in [5, 5.41) is 12.1. The number of fused-ring (bicyclic) bond motifs is 3. The molecule has 9 heteroatoms. The van der Waals surface area contributed by atoms with Gasteiger partial charge >= 0.3 is 0 Å². The van der Waals surface area contributed by atoms with E-state index >= 15 is 0 Å². The number of methoxy groups -OCH3 is 1. The highest BCUT2D eigenvalue weighted by molar-refractivity contribution is 7.91. The van der Waals surface area contributed by atoms with Crippen LogP contribution in [0.15, 0.2) is 76.7 Å². The first-order valence-corrected chi connectivity index (χ1v) is 12.2. The molecule has 0 spiro atoms. The molecule has 0 saturated heterocycles. The summed E-state index contributed by atoms with van der Waals surface area (Å²) in [5.41, 5.74) is 3.71. The zero-order chi connectivity index (χ0) is 23.9. The van der Waals surface area contributed by atoms with Crippen LogP contribution in [0.1, 0.15) is 16.7 Å². The number of hydrogen-bond acceptors (Lipinski definition) is 7. The van der Waals surface area contributed by atoms with E-state index in [9.17, 15) is 8.42 Å². The highest BCUT2D eigenvalue weighted by atomic mass is 32.2. The molecule has 0 amide bonds. The lowest BCUT2D eigenvalue weighted by molar-refractivity contribution is 0.410. The van der Waals surface area contributed by atoms with Crippen LogP contribution < -0.4 is 10.1 Å². The number of benzene rings is 3. The molecule has 3 aromatic carbocycles. The number of para-hydroxylation sites is 2. The predicted molar refractivity (Wildman–Crippen MR) is 130 cm³/mol. The number of nitrogens with zero attached hydrogens (tertiary/aromatic N) is 4. The number of anilines is 1. The average Bonchev–Trinajstić information content (AvgIpc) is 3.29. The molecule has 34 heavy (non-hydrogen) atoms. The fraction of sp³-hybridized carbons (Fsp3) is 0.160. The Morgan fingerprint density at radius 3 is 2.53 bits per heavy atom. The van der Waals surface area contributed by atoms with Crippen molar-refractivity contribution in [2.45, 2.75) is 30.3 Å². The normalized spacial score (nSPS) is 11.7. The van der Waals surface area contributed by atoms with Gasteiger partial charge in [0, 0.05) is 17.5 Å². The van der Waals surface area contributed by atoms with Crippen molar-refractivity contribution in [3.05, 3.63) is 83.4 Å². The molecule has 0 aliphatic carbocycles. The average molecular weight is 474 g/mol. The topological polar surface area (TPSA) is 98.5 Å². The lowest BCUT2D eigenvalue weighted by atomic mass is 10.1. The van der Waals surface area contributed by atoms with Gasteiger partial charge in [-0.1, -0.05) is 41.6 Å². The number of ether oxygens (including phenoxy) is 1. The number of aryl methyl sites for hydroxylation is 2. The van der Waals surface area contributed by atoms with Crippen LogP contribution in [0.25, 0.3) is 16.6 Å². The number of sulfone groups is 1. The largest absolute Gasteiger partial charge is 0.496 e. The van der Waals surface area contributed by atoms with Crippen LogP contribution in [0.4, 0.5) is 5.82 Å². The van der Waals surface area contributed by atoms with Crippen LogP contribution in [0, 0.1) is 13.8 Å². The summed E-state index contributed by atoms with van der Waals surface area (Å²) in [6.07, 6.45) is 0. The summed E-state index contributed by atoms with van der Waals surface area (Å²) in [6.45, 7) is 4.26. The maximum atomic E-state index is 13.5. The van der Waals surface area contributed by atoms with Crippen molar-refractivity contribution in [3.8, 4) is 5.75 Å². The molecule has 0 atom stereocenters. The third kappa shape index (κ3) is 3.63. The molecule has 8 nitrogen and oxygen atoms in total. The van der Waals surface area contributed by atoms with Crippen molar-refractivity contribution in [2.24, 2.45) is 0 Å². The molecule has 0 bridgehead atoms. The molecule has 0 aliphatic rings. The van der Waals surface area contributed by atoms with Gasteiger partial charge in [-0.15, -0.1) is 5.10 Å². The van der Waals surface area contributed by atoms with Crippen LogP contribution in [0.3, 0.4) is 0 Å². The molecule has 0 fully saturated rings. The molecule has 5 aromatic rings. The minimum atomic E-state index is -3.93. The maximum absolute atomic E-state index is 13.5. The molecule has 0 saturated carbocycles. The van der Waals surface area contributed by atoms with Crippen molar-refractivity contribution >= 4 is 32.2 Å². The molecule has 1 N–H and O–H groups in total. The summed E-state index contributed by atoms with van der Waals surface area (Å²) >= 11 is 0. The second-order valence-electron chi connectivity index (χ2n) is 8.02. The van der Waals surface area contributed by atoms with Gasteiger partial charge in [-0.2, -0.15) is 4.52 Å². The van der Waals surface area contributed by atoms with E-state index in [0.717, 1.165) is 27.8 Å². The Labute approximate surface area is 197 Å². The smallest absolute Gasteiger partial charge is 0.229 e. The van der Waals surface area contributed by atoms with Gasteiger partial charge in [0.15, 0.2) is 5.65 Å². The zero-order valence-electron chi connectivity index (χ0n) is 19.0. The summed E-state index contributed by atoms with van der Waals surface area (Å²) in [7, 11) is -2.30. The predicted octanol–water partition coefficient (Wildman–Crippen LogP) is 4.35. The first-order chi connectivity index (χ1) is 16.4. The standard InChI is InChI=1S/C25H23N5O3S/c1-16-12-13-19(14-17(16)2)34(31,32)25-24-27-23(26-15-18-8-4-7-11-22(18)33-3)20-9-5-6-10-21(20)30(24)29-28-25/h4-14H,15H2,1-3H3,(H,26,27). The first-order valence-electron chi connectivity index (χ1n) is 10.7. The Kier molecular flexibility index (Phi) is 5.41. The Hall–Kier alpha value is -3.98. The van der Waals surface area contributed by atoms with E-state index in [1.54, 1.807) is 25.3 Å². The Morgan fingerprint density at radius 2 is 1.74 bits per heavy atom. The highest BCUT2D eigenvalue weighted by Crippen LogP contribution is 2.29. The van der Waals surface area contributed by atoms with Gasteiger partial charge < -0.3 is 10.1 Å². The van der Waals surface area contributed by atoms with E-state index in [4.69, 9.17) is 4.74 Å². The molecule has 172 valence electrons. The molecule has 0 aliphatic heterocycles. The number of aromatic nitrogens is 4. The fourth-order valence-corrected chi connectivity index (χ4v) is 5.19. The van der Waals surface area contributed by atoms with Gasteiger partial charge in [0.25, 0.3) is 0 Å². The second-order valence-corrected chi connectivity index (χ2v) is 9.89. The van der Waals surface area contributed by atoms with Crippen LogP contribution in [0.5, 0.6) is 5.75 Å². The SMILES string of the molecule is COc1ccccc1CNc1nc2c(S(=O)(=O)c3ccc(C)c(C)c3)nnn2c2ccccc12. The Bertz CT molecular complexity index is 1640. The van der Waals surface area contributed by atoms with Crippen molar-refractivity contribution in [3.63, 3.8) is 0 Å². The minimum Gasteiger partial charge on any atom is -0.496 e. The van der Waals surface area contributed by atoms with Gasteiger partial charge in [0.2, 0.25) is 14.9 Å². The van der Waals surface area contributed by atoms with E-state index < -0.39 is 9.84 Å². The second kappa shape index (κ2) is 8.42. The van der Waals surface area contributed by atoms with E-state index in [2.05, 4.69) is 20.6 Å². The van der Waals surface area contributed by atoms with Crippen molar-refractivity contribution in [1.82, 2.24) is 19.8 Å². The molecule has 2 heterocycles. The lowest BCUT2D eigenvalue weighted by Crippen LogP contribution is -2.08. The summed E-state index contributed by atoms with van der Waals surface area (Å²) in [6, 6.07) is 20.2. The molecule has 5 rings (SSSR count). The summed E-state index contributed by atoms with van der Waals surface area (Å²) < 4.78 is 33.9. The molecular weight excluding hydrogens is 450 g/mol. The van der Waals surface area contributed by atoms with Crippen LogP contribution in [-0.2, 0) is 16.4 Å². The number of rotatable bonds is 6. The fourth-order valence-electron chi connectivity index (χ4n) is 3.87. The summed E-state index contributed by atoms with van der Waals surface area (Å²) in [4.78, 5) is 4.84. The van der Waals surface area contributed by atoms with Crippen molar-refractivity contribution in [2.75, 3.05) is 12.4 Å². The quantitative estimate of drug-likeness (QED) is 0.391. The molecule has 2 aromatic heterocycles. The van der Waals surface area contributed by atoms with E-state index in [1.165, 1.54) is 4.52 Å². The zero-order valence-corrected chi connectivity index (χ0v) is 19.8. The van der Waals surface area contributed by atoms with Gasteiger partial charge in [0.05, 0.1) is 17.5 Å². The van der Waals surface area contributed by atoms with Gasteiger partial charge in [-0.3, -0.25) is 0 Å². The highest BCUT2D eigenvalue weighted by Gasteiger charge is 2.27. The van der Waals surface area contributed by atoms with Crippen LogP contribution in [0.2, 0.25) is 0 Å². The third-order valence-electron chi connectivity index (χ3n) is 5.90. The van der Waals surface area contributed by atoms with E-state index in [1.807, 2.05) is 62.4 Å². The monoisotopic (exact) mass is 473 g/mol. The first kappa shape index (κ1) is 21.8. The molecular formula is C25H23N5O3S. The lowest BCUT2D eigenvalue weighted by Gasteiger charge is -2.12. The number of nitrogens with one attached hydrogen (secondary N) is 1. The van der Waals surface area contributed by atoms with Gasteiger partial charge in [0.1, 0.15) is 11.6 Å². The van der Waals surface area contributed by atoms with Crippen LogP contribution >= 0.6 is 0 Å². The molecule has 0 radical (unpaired) electrons. The Balaban J connectivity index is 1.65. The van der Waals surface area contributed by atoms with Crippen molar-refractivity contribution in [1.29, 1.82) is 0 Å². The van der Waals surface area contributed by atoms with Gasteiger partial charge in [-0.25, -0.2) is 13.4 Å². The van der Waals surface area contributed by atoms with Crippen molar-refractivity contribution < 1.29 is 13.2 Å². The van der Waals surface area contributed by atoms with Crippen LogP contribution in [-0.4, -0.2) is 35.3 Å². The maximum Gasteiger partial charge on any atom is 0.229 e. The molecule has 0 unspecified atom stereocenters. The number of hydrogen-bond donors (Lipinski definition) is 1. The van der Waals surface area contributed by atoms with Gasteiger partial charge in [-0.05, 0) is 55.3 Å². The van der Waals surface area contributed by atoms with E-state index in [-0.39, 0.29) is 15.6 Å². The minimum absolute atomic E-state index is 0.163. The van der Waals surface area contributed by atoms with E-state index in [0.29, 0.717) is 17.9 Å². The summed E-state index contributed by atoms with van der Waals surface area (Å²) in [5.74, 6) is 1.29. The Morgan fingerprint density at radius 1 is 0.971 bits per heavy atom. The third-order valence-corrected chi connectivity index (χ3v) is 7.55.